The lowest BCUT2D eigenvalue weighted by Crippen LogP contribution is -2.32. The van der Waals surface area contributed by atoms with Crippen LogP contribution in [0.5, 0.6) is 11.5 Å². The number of carbonyl (C=O) groups is 1. The lowest BCUT2D eigenvalue weighted by atomic mass is 9.92. The average molecular weight is 342 g/mol. The molecule has 1 heterocycles. The smallest absolute Gasteiger partial charge is 0.387 e. The second kappa shape index (κ2) is 5.49. The van der Waals surface area contributed by atoms with E-state index in [1.807, 2.05) is 72.8 Å². The Morgan fingerprint density at radius 2 is 1.15 bits per heavy atom. The van der Waals surface area contributed by atoms with Gasteiger partial charge in [0.25, 0.3) is 0 Å². The summed E-state index contributed by atoms with van der Waals surface area (Å²) in [4.78, 5) is 11.6. The standard InChI is InChI=1S/C22H14O4/c23-21(24)22-25-17-11-9-13-5-1-3-7-15(13)19(17)20-16-8-4-2-6-14(16)10-12-18(20)26-22/h1-12,22H,(H,23,24). The van der Waals surface area contributed by atoms with Gasteiger partial charge < -0.3 is 14.6 Å². The maximum Gasteiger partial charge on any atom is 0.387 e. The zero-order valence-electron chi connectivity index (χ0n) is 13.7. The van der Waals surface area contributed by atoms with E-state index in [1.54, 1.807) is 0 Å². The van der Waals surface area contributed by atoms with Gasteiger partial charge in [-0.3, -0.25) is 0 Å². The van der Waals surface area contributed by atoms with Gasteiger partial charge >= 0.3 is 12.3 Å². The fourth-order valence-electron chi connectivity index (χ4n) is 3.57. The molecule has 0 saturated carbocycles. The molecule has 1 aliphatic heterocycles. The molecule has 0 bridgehead atoms. The zero-order valence-corrected chi connectivity index (χ0v) is 13.7. The first kappa shape index (κ1) is 14.8. The number of ether oxygens (including phenoxy) is 2. The molecule has 4 nitrogen and oxygen atoms in total. The Kier molecular flexibility index (Phi) is 3.12. The normalized spacial score (nSPS) is 13.4. The van der Waals surface area contributed by atoms with Crippen molar-refractivity contribution in [1.29, 1.82) is 0 Å². The molecule has 0 aliphatic carbocycles. The van der Waals surface area contributed by atoms with Crippen LogP contribution in [0.3, 0.4) is 0 Å². The summed E-state index contributed by atoms with van der Waals surface area (Å²) in [5, 5.41) is 13.6. The Hall–Kier alpha value is -3.53. The van der Waals surface area contributed by atoms with Crippen LogP contribution in [0.2, 0.25) is 0 Å². The maximum absolute atomic E-state index is 11.6. The van der Waals surface area contributed by atoms with E-state index in [0.717, 1.165) is 32.7 Å². The number of hydrogen-bond donors (Lipinski definition) is 1. The Morgan fingerprint density at radius 1 is 0.692 bits per heavy atom. The molecular weight excluding hydrogens is 328 g/mol. The fourth-order valence-corrected chi connectivity index (χ4v) is 3.57. The molecule has 0 radical (unpaired) electrons. The van der Waals surface area contributed by atoms with Crippen LogP contribution in [0.15, 0.2) is 72.8 Å². The highest BCUT2D eigenvalue weighted by atomic mass is 16.7. The highest BCUT2D eigenvalue weighted by molar-refractivity contribution is 6.10. The molecule has 4 aromatic rings. The number of carboxylic acids is 1. The van der Waals surface area contributed by atoms with Gasteiger partial charge in [0.05, 0.1) is 0 Å². The number of aliphatic carboxylic acids is 1. The van der Waals surface area contributed by atoms with Crippen molar-refractivity contribution < 1.29 is 19.4 Å². The number of hydrogen-bond acceptors (Lipinski definition) is 3. The number of benzene rings is 4. The second-order valence-corrected chi connectivity index (χ2v) is 6.23. The van der Waals surface area contributed by atoms with E-state index in [9.17, 15) is 9.90 Å². The first-order chi connectivity index (χ1) is 12.7. The van der Waals surface area contributed by atoms with Crippen molar-refractivity contribution in [3.63, 3.8) is 0 Å². The summed E-state index contributed by atoms with van der Waals surface area (Å²) < 4.78 is 11.5. The van der Waals surface area contributed by atoms with E-state index < -0.39 is 12.3 Å². The van der Waals surface area contributed by atoms with E-state index in [4.69, 9.17) is 9.47 Å². The number of fused-ring (bicyclic) bond motifs is 7. The third kappa shape index (κ3) is 2.12. The predicted molar refractivity (Wildman–Crippen MR) is 99.6 cm³/mol. The number of rotatable bonds is 1. The summed E-state index contributed by atoms with van der Waals surface area (Å²) >= 11 is 0. The van der Waals surface area contributed by atoms with E-state index in [-0.39, 0.29) is 0 Å². The molecule has 4 heteroatoms. The summed E-state index contributed by atoms with van der Waals surface area (Å²) in [6.45, 7) is 0. The van der Waals surface area contributed by atoms with Crippen LogP contribution in [0.1, 0.15) is 0 Å². The summed E-state index contributed by atoms with van der Waals surface area (Å²) in [6, 6.07) is 23.5. The molecule has 126 valence electrons. The minimum absolute atomic E-state index is 0.506. The van der Waals surface area contributed by atoms with Gasteiger partial charge in [0.15, 0.2) is 0 Å². The van der Waals surface area contributed by atoms with E-state index in [0.29, 0.717) is 11.5 Å². The summed E-state index contributed by atoms with van der Waals surface area (Å²) in [5.41, 5.74) is 1.72. The topological polar surface area (TPSA) is 55.8 Å². The highest BCUT2D eigenvalue weighted by Gasteiger charge is 2.30. The van der Waals surface area contributed by atoms with Crippen molar-refractivity contribution in [2.75, 3.05) is 0 Å². The Labute approximate surface area is 149 Å². The van der Waals surface area contributed by atoms with Crippen LogP contribution in [-0.2, 0) is 4.79 Å². The first-order valence-corrected chi connectivity index (χ1v) is 8.32. The molecule has 0 amide bonds. The Bertz CT molecular complexity index is 1090. The lowest BCUT2D eigenvalue weighted by Gasteiger charge is -2.14. The Balaban J connectivity index is 1.96. The van der Waals surface area contributed by atoms with Crippen LogP contribution < -0.4 is 9.47 Å². The van der Waals surface area contributed by atoms with Gasteiger partial charge in [-0.2, -0.15) is 0 Å². The molecule has 0 atom stereocenters. The molecule has 0 spiro atoms. The van der Waals surface area contributed by atoms with Crippen LogP contribution in [-0.4, -0.2) is 17.4 Å². The van der Waals surface area contributed by atoms with Gasteiger partial charge in [-0.15, -0.1) is 0 Å². The molecule has 26 heavy (non-hydrogen) atoms. The van der Waals surface area contributed by atoms with Crippen molar-refractivity contribution in [1.82, 2.24) is 0 Å². The fraction of sp³-hybridized carbons (Fsp3) is 0.0455. The molecule has 0 fully saturated rings. The van der Waals surface area contributed by atoms with Crippen LogP contribution in [0.4, 0.5) is 0 Å². The minimum Gasteiger partial charge on any atom is -0.476 e. The molecule has 0 aromatic heterocycles. The predicted octanol–water partition coefficient (Wildman–Crippen LogP) is 4.84. The van der Waals surface area contributed by atoms with Crippen molar-refractivity contribution in [3.8, 4) is 22.6 Å². The number of carboxylic acid groups (broad SMARTS) is 1. The molecule has 1 N–H and O–H groups in total. The summed E-state index contributed by atoms with van der Waals surface area (Å²) in [5.74, 6) is -0.150. The third-order valence-corrected chi connectivity index (χ3v) is 4.70. The quantitative estimate of drug-likeness (QED) is 0.538. The van der Waals surface area contributed by atoms with Gasteiger partial charge in [-0.05, 0) is 33.7 Å². The monoisotopic (exact) mass is 342 g/mol. The average Bonchev–Trinajstić information content (AvgIpc) is 2.85. The molecule has 4 aromatic carbocycles. The highest BCUT2D eigenvalue weighted by Crippen LogP contribution is 2.47. The van der Waals surface area contributed by atoms with Crippen LogP contribution in [0.25, 0.3) is 32.7 Å². The molecule has 0 unspecified atom stereocenters. The van der Waals surface area contributed by atoms with Crippen molar-refractivity contribution in [2.45, 2.75) is 6.29 Å². The van der Waals surface area contributed by atoms with Gasteiger partial charge in [-0.1, -0.05) is 60.7 Å². The molecule has 1 aliphatic rings. The Morgan fingerprint density at radius 3 is 1.62 bits per heavy atom. The lowest BCUT2D eigenvalue weighted by molar-refractivity contribution is -0.158. The first-order valence-electron chi connectivity index (χ1n) is 8.32. The zero-order chi connectivity index (χ0) is 17.7. The summed E-state index contributed by atoms with van der Waals surface area (Å²) in [7, 11) is 0. The van der Waals surface area contributed by atoms with Gasteiger partial charge in [0.2, 0.25) is 0 Å². The van der Waals surface area contributed by atoms with E-state index >= 15 is 0 Å². The van der Waals surface area contributed by atoms with Crippen LogP contribution in [0, 0.1) is 0 Å². The minimum atomic E-state index is -1.39. The largest absolute Gasteiger partial charge is 0.476 e. The third-order valence-electron chi connectivity index (χ3n) is 4.70. The molecule has 5 rings (SSSR count). The van der Waals surface area contributed by atoms with Gasteiger partial charge in [0, 0.05) is 11.1 Å². The SMILES string of the molecule is O=C(O)C1Oc2ccc3ccccc3c2-c2c(ccc3ccccc23)O1. The molecular formula is C22H14O4. The van der Waals surface area contributed by atoms with Crippen molar-refractivity contribution in [3.05, 3.63) is 72.8 Å². The molecule has 0 saturated heterocycles. The van der Waals surface area contributed by atoms with E-state index in [2.05, 4.69) is 0 Å². The van der Waals surface area contributed by atoms with Gasteiger partial charge in [0.1, 0.15) is 11.5 Å². The van der Waals surface area contributed by atoms with Crippen LogP contribution >= 0.6 is 0 Å². The van der Waals surface area contributed by atoms with Crippen molar-refractivity contribution in [2.24, 2.45) is 0 Å². The van der Waals surface area contributed by atoms with Crippen molar-refractivity contribution >= 4 is 27.5 Å². The second-order valence-electron chi connectivity index (χ2n) is 6.23. The van der Waals surface area contributed by atoms with Gasteiger partial charge in [-0.25, -0.2) is 4.79 Å². The summed E-state index contributed by atoms with van der Waals surface area (Å²) in [6.07, 6.45) is -1.39. The maximum atomic E-state index is 11.6. The van der Waals surface area contributed by atoms with E-state index in [1.165, 1.54) is 0 Å².